The highest BCUT2D eigenvalue weighted by Crippen LogP contribution is 2.25. The molecule has 100 valence electrons. The highest BCUT2D eigenvalue weighted by Gasteiger charge is 2.33. The maximum atomic E-state index is 11.7. The van der Waals surface area contributed by atoms with E-state index >= 15 is 0 Å². The van der Waals surface area contributed by atoms with Crippen molar-refractivity contribution >= 4 is 17.7 Å². The molecule has 0 fully saturated rings. The lowest BCUT2D eigenvalue weighted by molar-refractivity contribution is -0.150. The Morgan fingerprint density at radius 1 is 1.47 bits per heavy atom. The number of benzene rings is 1. The van der Waals surface area contributed by atoms with Gasteiger partial charge in [-0.25, -0.2) is 0 Å². The van der Waals surface area contributed by atoms with Crippen molar-refractivity contribution in [3.8, 4) is 6.07 Å². The number of nitrogens with zero attached hydrogens (tertiary/aromatic N) is 1. The molecule has 1 aromatic rings. The van der Waals surface area contributed by atoms with E-state index in [1.165, 1.54) is 0 Å². The number of esters is 1. The molecule has 0 aliphatic heterocycles. The molecule has 0 radical (unpaired) electrons. The van der Waals surface area contributed by atoms with Crippen LogP contribution in [0.3, 0.4) is 0 Å². The first-order valence-corrected chi connectivity index (χ1v) is 6.95. The van der Waals surface area contributed by atoms with Crippen LogP contribution in [0, 0.1) is 16.7 Å². The summed E-state index contributed by atoms with van der Waals surface area (Å²) in [6.45, 7) is 3.62. The zero-order chi connectivity index (χ0) is 14.1. The van der Waals surface area contributed by atoms with Crippen molar-refractivity contribution in [2.45, 2.75) is 25.2 Å². The standard InChI is InChI=1S/C15H17NO2S/c1-3-18-14(17)15(2,12-16)10-7-11-19-13-8-5-4-6-9-13/h4-9,11H,3,10H2,1-2H3/b11-7+. The van der Waals surface area contributed by atoms with E-state index in [0.29, 0.717) is 13.0 Å². The summed E-state index contributed by atoms with van der Waals surface area (Å²) in [5.41, 5.74) is -1.11. The van der Waals surface area contributed by atoms with Crippen molar-refractivity contribution in [1.82, 2.24) is 0 Å². The number of nitriles is 1. The Kier molecular flexibility index (Phi) is 6.17. The van der Waals surface area contributed by atoms with Gasteiger partial charge < -0.3 is 4.74 Å². The van der Waals surface area contributed by atoms with Crippen LogP contribution in [0.5, 0.6) is 0 Å². The number of carbonyl (C=O) groups is 1. The molecule has 1 atom stereocenters. The van der Waals surface area contributed by atoms with Gasteiger partial charge in [0.15, 0.2) is 5.41 Å². The largest absolute Gasteiger partial charge is 0.465 e. The number of rotatable bonds is 6. The lowest BCUT2D eigenvalue weighted by Gasteiger charge is -2.16. The molecular formula is C15H17NO2S. The third kappa shape index (κ3) is 4.80. The van der Waals surface area contributed by atoms with Crippen LogP contribution in [0.2, 0.25) is 0 Å². The molecule has 1 aromatic carbocycles. The van der Waals surface area contributed by atoms with Gasteiger partial charge in [-0.05, 0) is 37.8 Å². The first-order valence-electron chi connectivity index (χ1n) is 6.07. The number of ether oxygens (including phenoxy) is 1. The Labute approximate surface area is 118 Å². The minimum absolute atomic E-state index is 0.290. The van der Waals surface area contributed by atoms with E-state index < -0.39 is 11.4 Å². The Morgan fingerprint density at radius 3 is 2.74 bits per heavy atom. The van der Waals surface area contributed by atoms with Gasteiger partial charge in [0.05, 0.1) is 12.7 Å². The van der Waals surface area contributed by atoms with Crippen molar-refractivity contribution in [1.29, 1.82) is 5.26 Å². The lowest BCUT2D eigenvalue weighted by atomic mass is 9.89. The summed E-state index contributed by atoms with van der Waals surface area (Å²) in [5.74, 6) is -0.466. The van der Waals surface area contributed by atoms with E-state index in [2.05, 4.69) is 0 Å². The topological polar surface area (TPSA) is 50.1 Å². The predicted octanol–water partition coefficient (Wildman–Crippen LogP) is 3.78. The van der Waals surface area contributed by atoms with Crippen LogP contribution in [-0.2, 0) is 9.53 Å². The van der Waals surface area contributed by atoms with Crippen molar-refractivity contribution < 1.29 is 9.53 Å². The van der Waals surface area contributed by atoms with Gasteiger partial charge in [-0.1, -0.05) is 36.0 Å². The molecule has 1 rings (SSSR count). The summed E-state index contributed by atoms with van der Waals surface area (Å²) >= 11 is 1.55. The lowest BCUT2D eigenvalue weighted by Crippen LogP contribution is -2.27. The van der Waals surface area contributed by atoms with E-state index in [1.807, 2.05) is 47.9 Å². The smallest absolute Gasteiger partial charge is 0.326 e. The van der Waals surface area contributed by atoms with Crippen LogP contribution in [0.4, 0.5) is 0 Å². The Balaban J connectivity index is 2.54. The molecule has 0 saturated carbocycles. The molecular weight excluding hydrogens is 258 g/mol. The number of hydrogen-bond donors (Lipinski definition) is 0. The van der Waals surface area contributed by atoms with E-state index in [-0.39, 0.29) is 0 Å². The Morgan fingerprint density at radius 2 is 2.16 bits per heavy atom. The summed E-state index contributed by atoms with van der Waals surface area (Å²) in [6, 6.07) is 11.9. The number of carbonyl (C=O) groups excluding carboxylic acids is 1. The highest BCUT2D eigenvalue weighted by atomic mass is 32.2. The normalized spacial score (nSPS) is 13.7. The number of hydrogen-bond acceptors (Lipinski definition) is 4. The first-order chi connectivity index (χ1) is 9.12. The molecule has 0 aliphatic carbocycles. The number of allylic oxidation sites excluding steroid dienone is 1. The fourth-order valence-electron chi connectivity index (χ4n) is 1.37. The van der Waals surface area contributed by atoms with Crippen LogP contribution in [-0.4, -0.2) is 12.6 Å². The minimum Gasteiger partial charge on any atom is -0.465 e. The second kappa shape index (κ2) is 7.65. The van der Waals surface area contributed by atoms with Crippen LogP contribution in [0.25, 0.3) is 0 Å². The van der Waals surface area contributed by atoms with E-state index in [9.17, 15) is 4.79 Å². The third-order valence-corrected chi connectivity index (χ3v) is 3.42. The molecule has 0 spiro atoms. The van der Waals surface area contributed by atoms with Gasteiger partial charge in [0, 0.05) is 4.90 Å². The van der Waals surface area contributed by atoms with Crippen LogP contribution in [0.1, 0.15) is 20.3 Å². The average Bonchev–Trinajstić information content (AvgIpc) is 2.44. The quantitative estimate of drug-likeness (QED) is 0.585. The summed E-state index contributed by atoms with van der Waals surface area (Å²) in [7, 11) is 0. The molecule has 0 aromatic heterocycles. The molecule has 0 saturated heterocycles. The molecule has 0 aliphatic rings. The van der Waals surface area contributed by atoms with E-state index in [1.54, 1.807) is 25.6 Å². The summed E-state index contributed by atoms with van der Waals surface area (Å²) in [6.07, 6.45) is 2.18. The fourth-order valence-corrected chi connectivity index (χ4v) is 2.04. The zero-order valence-electron chi connectivity index (χ0n) is 11.1. The van der Waals surface area contributed by atoms with Gasteiger partial charge in [-0.3, -0.25) is 4.79 Å². The molecule has 0 amide bonds. The van der Waals surface area contributed by atoms with Gasteiger partial charge in [0.25, 0.3) is 0 Å². The van der Waals surface area contributed by atoms with Gasteiger partial charge in [-0.15, -0.1) is 0 Å². The molecule has 19 heavy (non-hydrogen) atoms. The third-order valence-electron chi connectivity index (χ3n) is 2.54. The van der Waals surface area contributed by atoms with Crippen molar-refractivity contribution in [2.24, 2.45) is 5.41 Å². The summed E-state index contributed by atoms with van der Waals surface area (Å²) < 4.78 is 4.91. The first kappa shape index (κ1) is 15.3. The van der Waals surface area contributed by atoms with Gasteiger partial charge >= 0.3 is 5.97 Å². The van der Waals surface area contributed by atoms with Crippen molar-refractivity contribution in [3.63, 3.8) is 0 Å². The summed E-state index contributed by atoms with van der Waals surface area (Å²) in [4.78, 5) is 12.8. The Bertz CT molecular complexity index is 479. The molecule has 0 bridgehead atoms. The van der Waals surface area contributed by atoms with Crippen molar-refractivity contribution in [2.75, 3.05) is 6.61 Å². The SMILES string of the molecule is CCOC(=O)C(C)(C#N)C/C=C/Sc1ccccc1. The fraction of sp³-hybridized carbons (Fsp3) is 0.333. The highest BCUT2D eigenvalue weighted by molar-refractivity contribution is 8.02. The van der Waals surface area contributed by atoms with Crippen LogP contribution >= 0.6 is 11.8 Å². The van der Waals surface area contributed by atoms with Gasteiger partial charge in [0.2, 0.25) is 0 Å². The van der Waals surface area contributed by atoms with E-state index in [0.717, 1.165) is 4.90 Å². The van der Waals surface area contributed by atoms with Crippen LogP contribution < -0.4 is 0 Å². The van der Waals surface area contributed by atoms with Crippen LogP contribution in [0.15, 0.2) is 46.7 Å². The second-order valence-electron chi connectivity index (χ2n) is 4.17. The maximum absolute atomic E-state index is 11.7. The zero-order valence-corrected chi connectivity index (χ0v) is 11.9. The van der Waals surface area contributed by atoms with E-state index in [4.69, 9.17) is 10.00 Å². The molecule has 4 heteroatoms. The molecule has 3 nitrogen and oxygen atoms in total. The predicted molar refractivity (Wildman–Crippen MR) is 76.4 cm³/mol. The van der Waals surface area contributed by atoms with Gasteiger partial charge in [-0.2, -0.15) is 5.26 Å². The number of thioether (sulfide) groups is 1. The minimum atomic E-state index is -1.11. The molecule has 0 heterocycles. The maximum Gasteiger partial charge on any atom is 0.326 e. The molecule has 0 N–H and O–H groups in total. The second-order valence-corrected chi connectivity index (χ2v) is 5.15. The average molecular weight is 275 g/mol. The summed E-state index contributed by atoms with van der Waals surface area (Å²) in [5, 5.41) is 11.0. The van der Waals surface area contributed by atoms with Gasteiger partial charge in [0.1, 0.15) is 0 Å². The Hall–Kier alpha value is -1.73. The van der Waals surface area contributed by atoms with Crippen molar-refractivity contribution in [3.05, 3.63) is 41.8 Å². The molecule has 1 unspecified atom stereocenters. The monoisotopic (exact) mass is 275 g/mol.